The second-order valence-electron chi connectivity index (χ2n) is 2.37. The molecule has 0 aliphatic heterocycles. The molecule has 0 aliphatic rings. The van der Waals surface area contributed by atoms with Gasteiger partial charge in [-0.3, -0.25) is 4.79 Å². The third-order valence-electron chi connectivity index (χ3n) is 1.38. The van der Waals surface area contributed by atoms with Crippen molar-refractivity contribution in [3.63, 3.8) is 0 Å². The summed E-state index contributed by atoms with van der Waals surface area (Å²) in [6.45, 7) is 4.22. The maximum atomic E-state index is 11.3. The number of hydrogen-bond donors (Lipinski definition) is 1. The van der Waals surface area contributed by atoms with E-state index >= 15 is 0 Å². The summed E-state index contributed by atoms with van der Waals surface area (Å²) in [6.07, 6.45) is 4.90. The number of ketones is 1. The fourth-order valence-electron chi connectivity index (χ4n) is 0.787. The van der Waals surface area contributed by atoms with E-state index in [1.807, 2.05) is 17.5 Å². The minimum atomic E-state index is 0.0339. The van der Waals surface area contributed by atoms with Crippen LogP contribution in [0.4, 0.5) is 0 Å². The first kappa shape index (κ1) is 9.74. The highest BCUT2D eigenvalue weighted by Crippen LogP contribution is 2.09. The first-order chi connectivity index (χ1) is 6.34. The second-order valence-corrected chi connectivity index (χ2v) is 3.32. The predicted molar refractivity (Wildman–Crippen MR) is 56.0 cm³/mol. The van der Waals surface area contributed by atoms with E-state index in [1.165, 1.54) is 17.4 Å². The van der Waals surface area contributed by atoms with Gasteiger partial charge in [-0.05, 0) is 11.4 Å². The first-order valence-corrected chi connectivity index (χ1v) is 4.81. The molecule has 0 spiro atoms. The van der Waals surface area contributed by atoms with Crippen molar-refractivity contribution in [3.8, 4) is 0 Å². The summed E-state index contributed by atoms with van der Waals surface area (Å²) in [6, 6.07) is 3.67. The van der Waals surface area contributed by atoms with Crippen LogP contribution in [0.3, 0.4) is 0 Å². The molecule has 1 heterocycles. The molecule has 13 heavy (non-hydrogen) atoms. The Morgan fingerprint density at radius 3 is 3.15 bits per heavy atom. The fourth-order valence-corrected chi connectivity index (χ4v) is 1.43. The zero-order valence-corrected chi connectivity index (χ0v) is 8.01. The van der Waals surface area contributed by atoms with Crippen molar-refractivity contribution < 1.29 is 4.79 Å². The average Bonchev–Trinajstić information content (AvgIpc) is 2.65. The van der Waals surface area contributed by atoms with Gasteiger partial charge in [-0.15, -0.1) is 17.9 Å². The molecule has 2 nitrogen and oxygen atoms in total. The lowest BCUT2D eigenvalue weighted by molar-refractivity contribution is 0.105. The highest BCUT2D eigenvalue weighted by Gasteiger charge is 2.00. The molecular formula is C10H11NOS. The fraction of sp³-hybridized carbons (Fsp3) is 0.100. The Bertz CT molecular complexity index is 301. The number of carbonyl (C=O) groups is 1. The lowest BCUT2D eigenvalue weighted by Gasteiger charge is -1.91. The quantitative estimate of drug-likeness (QED) is 0.336. The largest absolute Gasteiger partial charge is 0.387 e. The van der Waals surface area contributed by atoms with Crippen molar-refractivity contribution >= 4 is 17.1 Å². The van der Waals surface area contributed by atoms with E-state index in [0.29, 0.717) is 6.54 Å². The van der Waals surface area contributed by atoms with Crippen LogP contribution in [0.5, 0.6) is 0 Å². The Labute approximate surface area is 81.6 Å². The normalized spacial score (nSPS) is 10.2. The molecule has 0 unspecified atom stereocenters. The van der Waals surface area contributed by atoms with Crippen molar-refractivity contribution in [2.75, 3.05) is 6.54 Å². The lowest BCUT2D eigenvalue weighted by atomic mass is 10.3. The maximum Gasteiger partial charge on any atom is 0.197 e. The lowest BCUT2D eigenvalue weighted by Crippen LogP contribution is -2.04. The Kier molecular flexibility index (Phi) is 3.99. The zero-order valence-electron chi connectivity index (χ0n) is 7.19. The second kappa shape index (κ2) is 5.32. The van der Waals surface area contributed by atoms with Crippen molar-refractivity contribution in [2.24, 2.45) is 0 Å². The summed E-state index contributed by atoms with van der Waals surface area (Å²) >= 11 is 1.45. The Balaban J connectivity index is 2.42. The smallest absolute Gasteiger partial charge is 0.197 e. The van der Waals surface area contributed by atoms with Gasteiger partial charge in [0.25, 0.3) is 0 Å². The maximum absolute atomic E-state index is 11.3. The van der Waals surface area contributed by atoms with Gasteiger partial charge in [-0.2, -0.15) is 0 Å². The number of allylic oxidation sites excluding steroid dienone is 1. The minimum Gasteiger partial charge on any atom is -0.387 e. The van der Waals surface area contributed by atoms with E-state index in [4.69, 9.17) is 0 Å². The van der Waals surface area contributed by atoms with Gasteiger partial charge < -0.3 is 5.32 Å². The number of rotatable bonds is 5. The molecule has 0 fully saturated rings. The Hall–Kier alpha value is -1.35. The molecular weight excluding hydrogens is 182 g/mol. The zero-order chi connectivity index (χ0) is 9.52. The number of nitrogens with one attached hydrogen (secondary N) is 1. The molecule has 0 atom stereocenters. The SMILES string of the molecule is C=CCN/C=C/C(=O)c1cccs1. The van der Waals surface area contributed by atoms with Crippen LogP contribution in [0.2, 0.25) is 0 Å². The molecule has 0 saturated carbocycles. The molecule has 1 aromatic heterocycles. The van der Waals surface area contributed by atoms with Crippen LogP contribution in [0.1, 0.15) is 9.67 Å². The van der Waals surface area contributed by atoms with Crippen molar-refractivity contribution in [1.29, 1.82) is 0 Å². The van der Waals surface area contributed by atoms with Crippen molar-refractivity contribution in [2.45, 2.75) is 0 Å². The summed E-state index contributed by atoms with van der Waals surface area (Å²) in [5, 5.41) is 4.80. The number of carbonyl (C=O) groups excluding carboxylic acids is 1. The summed E-state index contributed by atoms with van der Waals surface area (Å²) in [7, 11) is 0. The van der Waals surface area contributed by atoms with E-state index in [0.717, 1.165) is 4.88 Å². The molecule has 0 aliphatic carbocycles. The van der Waals surface area contributed by atoms with E-state index in [-0.39, 0.29) is 5.78 Å². The van der Waals surface area contributed by atoms with Gasteiger partial charge in [0, 0.05) is 18.8 Å². The van der Waals surface area contributed by atoms with E-state index in [9.17, 15) is 4.79 Å². The standard InChI is InChI=1S/C10H11NOS/c1-2-6-11-7-5-9(12)10-4-3-8-13-10/h2-5,7-8,11H,1,6H2/b7-5+. The topological polar surface area (TPSA) is 29.1 Å². The van der Waals surface area contributed by atoms with Gasteiger partial charge >= 0.3 is 0 Å². The Morgan fingerprint density at radius 2 is 2.54 bits per heavy atom. The van der Waals surface area contributed by atoms with Crippen LogP contribution >= 0.6 is 11.3 Å². The van der Waals surface area contributed by atoms with E-state index in [2.05, 4.69) is 11.9 Å². The monoisotopic (exact) mass is 193 g/mol. The van der Waals surface area contributed by atoms with Gasteiger partial charge in [0.1, 0.15) is 0 Å². The first-order valence-electron chi connectivity index (χ1n) is 3.93. The van der Waals surface area contributed by atoms with Crippen LogP contribution in [0, 0.1) is 0 Å². The summed E-state index contributed by atoms with van der Waals surface area (Å²) in [5.74, 6) is 0.0339. The van der Waals surface area contributed by atoms with Crippen LogP contribution in [0.15, 0.2) is 42.4 Å². The summed E-state index contributed by atoms with van der Waals surface area (Å²) < 4.78 is 0. The highest BCUT2D eigenvalue weighted by molar-refractivity contribution is 7.12. The van der Waals surface area contributed by atoms with E-state index in [1.54, 1.807) is 12.3 Å². The van der Waals surface area contributed by atoms with Gasteiger partial charge in [-0.25, -0.2) is 0 Å². The molecule has 1 aromatic rings. The van der Waals surface area contributed by atoms with Crippen molar-refractivity contribution in [1.82, 2.24) is 5.32 Å². The van der Waals surface area contributed by atoms with E-state index < -0.39 is 0 Å². The molecule has 0 saturated heterocycles. The molecule has 0 amide bonds. The third-order valence-corrected chi connectivity index (χ3v) is 2.26. The predicted octanol–water partition coefficient (Wildman–Crippen LogP) is 2.22. The summed E-state index contributed by atoms with van der Waals surface area (Å²) in [4.78, 5) is 12.1. The van der Waals surface area contributed by atoms with Crippen LogP contribution in [0.25, 0.3) is 0 Å². The summed E-state index contributed by atoms with van der Waals surface area (Å²) in [5.41, 5.74) is 0. The molecule has 0 bridgehead atoms. The van der Waals surface area contributed by atoms with Gasteiger partial charge in [0.2, 0.25) is 0 Å². The van der Waals surface area contributed by atoms with Crippen LogP contribution < -0.4 is 5.32 Å². The third kappa shape index (κ3) is 3.25. The van der Waals surface area contributed by atoms with Gasteiger partial charge in [-0.1, -0.05) is 12.1 Å². The number of hydrogen-bond acceptors (Lipinski definition) is 3. The molecule has 3 heteroatoms. The average molecular weight is 193 g/mol. The minimum absolute atomic E-state index is 0.0339. The highest BCUT2D eigenvalue weighted by atomic mass is 32.1. The molecule has 0 aromatic carbocycles. The van der Waals surface area contributed by atoms with Gasteiger partial charge in [0.15, 0.2) is 5.78 Å². The Morgan fingerprint density at radius 1 is 1.69 bits per heavy atom. The van der Waals surface area contributed by atoms with Crippen LogP contribution in [-0.2, 0) is 0 Å². The van der Waals surface area contributed by atoms with Crippen LogP contribution in [-0.4, -0.2) is 12.3 Å². The van der Waals surface area contributed by atoms with Gasteiger partial charge in [0.05, 0.1) is 4.88 Å². The molecule has 1 rings (SSSR count). The van der Waals surface area contributed by atoms with Crippen molar-refractivity contribution in [3.05, 3.63) is 47.3 Å². The molecule has 0 radical (unpaired) electrons. The number of thiophene rings is 1. The molecule has 1 N–H and O–H groups in total. The molecule has 68 valence electrons.